The molecule has 0 atom stereocenters. The molecule has 0 spiro atoms. The zero-order valence-corrected chi connectivity index (χ0v) is 8.37. The van der Waals surface area contributed by atoms with Crippen molar-refractivity contribution in [3.8, 4) is 17.2 Å². The van der Waals surface area contributed by atoms with E-state index in [0.29, 0.717) is 5.75 Å². The molecule has 1 aliphatic heterocycles. The number of ketones is 1. The minimum absolute atomic E-state index is 0.0000328. The zero-order valence-electron chi connectivity index (χ0n) is 7.62. The largest absolute Gasteiger partial charge is 0.505 e. The summed E-state index contributed by atoms with van der Waals surface area (Å²) >= 11 is 5.72. The molecule has 0 amide bonds. The number of nitrogens with two attached hydrogens (primary N) is 1. The van der Waals surface area contributed by atoms with Crippen LogP contribution in [0.4, 0.5) is 0 Å². The van der Waals surface area contributed by atoms with Crippen LogP contribution in [0.5, 0.6) is 17.2 Å². The number of carbonyl (C=O) groups is 1. The van der Waals surface area contributed by atoms with Crippen molar-refractivity contribution in [2.45, 2.75) is 0 Å². The molecule has 1 aliphatic rings. The van der Waals surface area contributed by atoms with Gasteiger partial charge in [0.1, 0.15) is 11.3 Å². The first-order valence-electron chi connectivity index (χ1n) is 4.19. The van der Waals surface area contributed by atoms with Crippen molar-refractivity contribution in [3.63, 3.8) is 0 Å². The first-order chi connectivity index (χ1) is 7.15. The third-order valence-electron chi connectivity index (χ3n) is 2.05. The maximum absolute atomic E-state index is 11.5. The van der Waals surface area contributed by atoms with Gasteiger partial charge in [0.05, 0.1) is 11.6 Å². The molecule has 0 fully saturated rings. The minimum Gasteiger partial charge on any atom is -0.505 e. The summed E-state index contributed by atoms with van der Waals surface area (Å²) in [6.07, 6.45) is 0. The van der Waals surface area contributed by atoms with Crippen molar-refractivity contribution >= 4 is 17.4 Å². The Morgan fingerprint density at radius 3 is 3.00 bits per heavy atom. The number of benzene rings is 1. The zero-order chi connectivity index (χ0) is 11.0. The van der Waals surface area contributed by atoms with Crippen LogP contribution >= 0.6 is 11.6 Å². The van der Waals surface area contributed by atoms with E-state index in [9.17, 15) is 9.90 Å². The van der Waals surface area contributed by atoms with Crippen molar-refractivity contribution in [1.29, 1.82) is 0 Å². The van der Waals surface area contributed by atoms with Gasteiger partial charge in [-0.2, -0.15) is 0 Å². The molecule has 15 heavy (non-hydrogen) atoms. The van der Waals surface area contributed by atoms with Gasteiger partial charge in [0, 0.05) is 6.07 Å². The Morgan fingerprint density at radius 1 is 1.60 bits per heavy atom. The summed E-state index contributed by atoms with van der Waals surface area (Å²) in [5.74, 6) is -0.227. The normalized spacial score (nSPS) is 12.9. The van der Waals surface area contributed by atoms with Gasteiger partial charge in [0.25, 0.3) is 0 Å². The molecule has 2 rings (SSSR count). The van der Waals surface area contributed by atoms with E-state index in [1.165, 1.54) is 6.07 Å². The quantitative estimate of drug-likeness (QED) is 0.737. The molecule has 0 aromatic heterocycles. The van der Waals surface area contributed by atoms with Crippen molar-refractivity contribution in [2.24, 2.45) is 5.73 Å². The fraction of sp³-hybridized carbons (Fsp3) is 0.222. The highest BCUT2D eigenvalue weighted by atomic mass is 35.5. The van der Waals surface area contributed by atoms with E-state index in [2.05, 4.69) is 0 Å². The van der Waals surface area contributed by atoms with Crippen LogP contribution in [0.2, 0.25) is 5.02 Å². The molecule has 1 aromatic carbocycles. The standard InChI is InChI=1S/C9H8ClNO4/c10-4-1-6-9(15-3-14-6)7(8(4)13)5(12)2-11/h1,13H,2-3,11H2. The van der Waals surface area contributed by atoms with E-state index in [1.807, 2.05) is 0 Å². The number of ether oxygens (including phenoxy) is 2. The second-order valence-corrected chi connectivity index (χ2v) is 3.35. The van der Waals surface area contributed by atoms with Gasteiger partial charge in [-0.1, -0.05) is 11.6 Å². The monoisotopic (exact) mass is 229 g/mol. The number of aromatic hydroxyl groups is 1. The number of hydrogen-bond acceptors (Lipinski definition) is 5. The number of Topliss-reactive ketones (excluding diaryl/α,β-unsaturated/α-hetero) is 1. The third kappa shape index (κ3) is 1.49. The van der Waals surface area contributed by atoms with E-state index in [-0.39, 0.29) is 35.4 Å². The Morgan fingerprint density at radius 2 is 2.33 bits per heavy atom. The SMILES string of the molecule is NCC(=O)c1c(O)c(Cl)cc2c1OCO2. The summed E-state index contributed by atoms with van der Waals surface area (Å²) in [5, 5.41) is 9.66. The molecule has 5 nitrogen and oxygen atoms in total. The number of halogens is 1. The van der Waals surface area contributed by atoms with Gasteiger partial charge < -0.3 is 20.3 Å². The summed E-state index contributed by atoms with van der Waals surface area (Å²) in [6, 6.07) is 1.40. The smallest absolute Gasteiger partial charge is 0.231 e. The molecule has 0 saturated carbocycles. The lowest BCUT2D eigenvalue weighted by Gasteiger charge is -2.07. The predicted octanol–water partition coefficient (Wildman–Crippen LogP) is 0.916. The Kier molecular flexibility index (Phi) is 2.42. The Hall–Kier alpha value is -1.46. The van der Waals surface area contributed by atoms with E-state index in [1.54, 1.807) is 0 Å². The van der Waals surface area contributed by atoms with Crippen molar-refractivity contribution in [3.05, 3.63) is 16.7 Å². The van der Waals surface area contributed by atoms with Gasteiger partial charge in [-0.15, -0.1) is 0 Å². The van der Waals surface area contributed by atoms with Crippen LogP contribution < -0.4 is 15.2 Å². The van der Waals surface area contributed by atoms with Gasteiger partial charge in [0.15, 0.2) is 17.3 Å². The summed E-state index contributed by atoms with van der Waals surface area (Å²) in [7, 11) is 0. The molecule has 0 saturated heterocycles. The van der Waals surface area contributed by atoms with Crippen LogP contribution in [0.1, 0.15) is 10.4 Å². The Balaban J connectivity index is 2.65. The van der Waals surface area contributed by atoms with Gasteiger partial charge in [-0.25, -0.2) is 0 Å². The van der Waals surface area contributed by atoms with Crippen molar-refractivity contribution in [2.75, 3.05) is 13.3 Å². The number of phenols is 1. The third-order valence-corrected chi connectivity index (χ3v) is 2.34. The number of fused-ring (bicyclic) bond motifs is 1. The summed E-state index contributed by atoms with van der Waals surface area (Å²) in [4.78, 5) is 11.5. The topological polar surface area (TPSA) is 81.8 Å². The molecular formula is C9H8ClNO4. The first kappa shape index (κ1) is 10.1. The first-order valence-corrected chi connectivity index (χ1v) is 4.57. The molecule has 0 unspecified atom stereocenters. The molecule has 6 heteroatoms. The maximum Gasteiger partial charge on any atom is 0.231 e. The Bertz CT molecular complexity index is 433. The molecule has 0 bridgehead atoms. The highest BCUT2D eigenvalue weighted by Gasteiger charge is 2.27. The van der Waals surface area contributed by atoms with Crippen molar-refractivity contribution in [1.82, 2.24) is 0 Å². The summed E-state index contributed by atoms with van der Waals surface area (Å²) in [5.41, 5.74) is 5.20. The Labute approximate surface area is 90.3 Å². The summed E-state index contributed by atoms with van der Waals surface area (Å²) in [6.45, 7) is -0.232. The average molecular weight is 230 g/mol. The van der Waals surface area contributed by atoms with Gasteiger partial charge in [-0.05, 0) is 0 Å². The van der Waals surface area contributed by atoms with Gasteiger partial charge in [-0.3, -0.25) is 4.79 Å². The second-order valence-electron chi connectivity index (χ2n) is 2.94. The fourth-order valence-electron chi connectivity index (χ4n) is 1.36. The number of hydrogen-bond donors (Lipinski definition) is 2. The van der Waals surface area contributed by atoms with Crippen LogP contribution in [-0.2, 0) is 0 Å². The molecule has 1 aromatic rings. The van der Waals surface area contributed by atoms with Crippen LogP contribution in [0, 0.1) is 0 Å². The summed E-state index contributed by atoms with van der Waals surface area (Å²) < 4.78 is 10.1. The molecule has 3 N–H and O–H groups in total. The number of phenolic OH excluding ortho intramolecular Hbond substituents is 1. The van der Waals surface area contributed by atoms with E-state index in [4.69, 9.17) is 26.8 Å². The van der Waals surface area contributed by atoms with E-state index < -0.39 is 5.78 Å². The molecule has 0 radical (unpaired) electrons. The van der Waals surface area contributed by atoms with Crippen LogP contribution in [0.15, 0.2) is 6.07 Å². The van der Waals surface area contributed by atoms with Gasteiger partial charge in [0.2, 0.25) is 6.79 Å². The minimum atomic E-state index is -0.447. The lowest BCUT2D eigenvalue weighted by atomic mass is 10.1. The average Bonchev–Trinajstić information content (AvgIpc) is 2.66. The number of carbonyl (C=O) groups excluding carboxylic acids is 1. The van der Waals surface area contributed by atoms with E-state index in [0.717, 1.165) is 0 Å². The molecular weight excluding hydrogens is 222 g/mol. The molecule has 0 aliphatic carbocycles. The van der Waals surface area contributed by atoms with Gasteiger partial charge >= 0.3 is 0 Å². The van der Waals surface area contributed by atoms with Crippen LogP contribution in [0.25, 0.3) is 0 Å². The fourth-order valence-corrected chi connectivity index (χ4v) is 1.56. The molecule has 80 valence electrons. The maximum atomic E-state index is 11.5. The second kappa shape index (κ2) is 3.60. The van der Waals surface area contributed by atoms with Crippen molar-refractivity contribution < 1.29 is 19.4 Å². The molecule has 1 heterocycles. The predicted molar refractivity (Wildman–Crippen MR) is 52.6 cm³/mol. The lowest BCUT2D eigenvalue weighted by Crippen LogP contribution is -2.14. The van der Waals surface area contributed by atoms with Crippen LogP contribution in [0.3, 0.4) is 0 Å². The highest BCUT2D eigenvalue weighted by molar-refractivity contribution is 6.33. The van der Waals surface area contributed by atoms with Crippen LogP contribution in [-0.4, -0.2) is 24.2 Å². The lowest BCUT2D eigenvalue weighted by molar-refractivity contribution is 0.0994. The van der Waals surface area contributed by atoms with E-state index >= 15 is 0 Å². The number of rotatable bonds is 2. The highest BCUT2D eigenvalue weighted by Crippen LogP contribution is 2.44.